The van der Waals surface area contributed by atoms with Gasteiger partial charge in [-0.3, -0.25) is 0 Å². The van der Waals surface area contributed by atoms with Crippen molar-refractivity contribution < 1.29 is 9.15 Å². The second kappa shape index (κ2) is 3.79. The molecule has 0 spiro atoms. The van der Waals surface area contributed by atoms with E-state index >= 15 is 0 Å². The van der Waals surface area contributed by atoms with Gasteiger partial charge in [0.2, 0.25) is 5.89 Å². The summed E-state index contributed by atoms with van der Waals surface area (Å²) in [7, 11) is 1.64. The van der Waals surface area contributed by atoms with Crippen molar-refractivity contribution >= 4 is 11.1 Å². The minimum absolute atomic E-state index is 0.664. The molecule has 1 N–H and O–H groups in total. The van der Waals surface area contributed by atoms with E-state index in [0.29, 0.717) is 12.6 Å². The molecule has 0 bridgehead atoms. The maximum Gasteiger partial charge on any atom is 0.209 e. The summed E-state index contributed by atoms with van der Waals surface area (Å²) in [6, 6.07) is 6.37. The molecule has 1 aliphatic rings. The number of aromatic nitrogens is 1. The van der Waals surface area contributed by atoms with Crippen LogP contribution in [0.25, 0.3) is 11.1 Å². The lowest BCUT2D eigenvalue weighted by Gasteiger charge is -1.97. The number of rotatable bonds is 4. The van der Waals surface area contributed by atoms with Crippen LogP contribution in [-0.4, -0.2) is 18.1 Å². The van der Waals surface area contributed by atoms with Gasteiger partial charge in [-0.2, -0.15) is 0 Å². The molecule has 4 heteroatoms. The van der Waals surface area contributed by atoms with Gasteiger partial charge in [-0.15, -0.1) is 0 Å². The molecule has 1 aliphatic carbocycles. The summed E-state index contributed by atoms with van der Waals surface area (Å²) in [5, 5.41) is 3.37. The maximum atomic E-state index is 5.64. The number of benzene rings is 1. The monoisotopic (exact) mass is 218 g/mol. The molecular weight excluding hydrogens is 204 g/mol. The zero-order chi connectivity index (χ0) is 11.0. The van der Waals surface area contributed by atoms with Crippen LogP contribution in [0.4, 0.5) is 0 Å². The quantitative estimate of drug-likeness (QED) is 0.853. The Balaban J connectivity index is 1.88. The van der Waals surface area contributed by atoms with Gasteiger partial charge in [-0.1, -0.05) is 6.07 Å². The molecule has 2 aromatic rings. The van der Waals surface area contributed by atoms with Crippen LogP contribution in [0.15, 0.2) is 22.6 Å². The molecule has 0 aliphatic heterocycles. The molecule has 1 aromatic carbocycles. The first-order valence-corrected chi connectivity index (χ1v) is 5.52. The highest BCUT2D eigenvalue weighted by Crippen LogP contribution is 2.26. The molecule has 0 radical (unpaired) electrons. The van der Waals surface area contributed by atoms with Crippen molar-refractivity contribution in [1.82, 2.24) is 10.3 Å². The minimum Gasteiger partial charge on any atom is -0.494 e. The Kier molecular flexibility index (Phi) is 2.29. The number of para-hydroxylation sites is 1. The number of hydrogen-bond acceptors (Lipinski definition) is 4. The second-order valence-corrected chi connectivity index (χ2v) is 4.07. The molecular formula is C12H14N2O2. The first kappa shape index (κ1) is 9.66. The van der Waals surface area contributed by atoms with Crippen molar-refractivity contribution in [3.05, 3.63) is 24.1 Å². The Hall–Kier alpha value is -1.55. The molecule has 0 unspecified atom stereocenters. The lowest BCUT2D eigenvalue weighted by atomic mass is 10.3. The lowest BCUT2D eigenvalue weighted by Crippen LogP contribution is -2.15. The van der Waals surface area contributed by atoms with Crippen LogP contribution < -0.4 is 10.1 Å². The van der Waals surface area contributed by atoms with Crippen LogP contribution in [0.1, 0.15) is 18.7 Å². The van der Waals surface area contributed by atoms with E-state index in [9.17, 15) is 0 Å². The summed E-state index contributed by atoms with van der Waals surface area (Å²) in [6.45, 7) is 0.697. The fourth-order valence-corrected chi connectivity index (χ4v) is 1.73. The number of fused-ring (bicyclic) bond motifs is 1. The molecule has 0 amide bonds. The van der Waals surface area contributed by atoms with Crippen molar-refractivity contribution in [2.45, 2.75) is 25.4 Å². The maximum absolute atomic E-state index is 5.64. The number of nitrogens with one attached hydrogen (secondary N) is 1. The Morgan fingerprint density at radius 3 is 3.12 bits per heavy atom. The summed E-state index contributed by atoms with van der Waals surface area (Å²) < 4.78 is 10.9. The smallest absolute Gasteiger partial charge is 0.209 e. The SMILES string of the molecule is COc1cccc2oc(CNC3CC3)nc12. The highest BCUT2D eigenvalue weighted by Gasteiger charge is 2.21. The standard InChI is InChI=1S/C12H14N2O2/c1-15-9-3-2-4-10-12(9)14-11(16-10)7-13-8-5-6-8/h2-4,8,13H,5-7H2,1H3. The molecule has 4 nitrogen and oxygen atoms in total. The summed E-state index contributed by atoms with van der Waals surface area (Å²) in [5.74, 6) is 1.49. The van der Waals surface area contributed by atoms with Gasteiger partial charge in [0.1, 0.15) is 5.75 Å². The molecule has 1 aromatic heterocycles. The number of ether oxygens (including phenoxy) is 1. The number of methoxy groups -OCH3 is 1. The van der Waals surface area contributed by atoms with Crippen LogP contribution in [0.3, 0.4) is 0 Å². The fourth-order valence-electron chi connectivity index (χ4n) is 1.73. The van der Waals surface area contributed by atoms with Crippen LogP contribution in [0.5, 0.6) is 5.75 Å². The second-order valence-electron chi connectivity index (χ2n) is 4.07. The molecule has 84 valence electrons. The van der Waals surface area contributed by atoms with Gasteiger partial charge in [0.15, 0.2) is 11.1 Å². The summed E-state index contributed by atoms with van der Waals surface area (Å²) in [4.78, 5) is 4.43. The third-order valence-electron chi connectivity index (χ3n) is 2.77. The zero-order valence-electron chi connectivity index (χ0n) is 9.19. The number of nitrogens with zero attached hydrogens (tertiary/aromatic N) is 1. The van der Waals surface area contributed by atoms with Gasteiger partial charge in [0, 0.05) is 6.04 Å². The Morgan fingerprint density at radius 2 is 2.38 bits per heavy atom. The van der Waals surface area contributed by atoms with Crippen molar-refractivity contribution in [2.24, 2.45) is 0 Å². The van der Waals surface area contributed by atoms with Crippen LogP contribution in [0, 0.1) is 0 Å². The molecule has 1 fully saturated rings. The summed E-state index contributed by atoms with van der Waals surface area (Å²) in [6.07, 6.45) is 2.53. The largest absolute Gasteiger partial charge is 0.494 e. The predicted octanol–water partition coefficient (Wildman–Crippen LogP) is 2.09. The van der Waals surface area contributed by atoms with E-state index in [1.54, 1.807) is 7.11 Å². The Morgan fingerprint density at radius 1 is 1.50 bits per heavy atom. The van der Waals surface area contributed by atoms with E-state index in [-0.39, 0.29) is 0 Å². The number of hydrogen-bond donors (Lipinski definition) is 1. The highest BCUT2D eigenvalue weighted by molar-refractivity contribution is 5.79. The molecule has 1 heterocycles. The first-order chi connectivity index (χ1) is 7.86. The van der Waals surface area contributed by atoms with Gasteiger partial charge < -0.3 is 14.5 Å². The van der Waals surface area contributed by atoms with Gasteiger partial charge in [-0.05, 0) is 25.0 Å². The van der Waals surface area contributed by atoms with Crippen LogP contribution >= 0.6 is 0 Å². The van der Waals surface area contributed by atoms with Crippen LogP contribution in [0.2, 0.25) is 0 Å². The van der Waals surface area contributed by atoms with E-state index in [2.05, 4.69) is 10.3 Å². The number of oxazole rings is 1. The van der Waals surface area contributed by atoms with Crippen molar-refractivity contribution in [2.75, 3.05) is 7.11 Å². The van der Waals surface area contributed by atoms with Gasteiger partial charge >= 0.3 is 0 Å². The normalized spacial score (nSPS) is 15.6. The lowest BCUT2D eigenvalue weighted by molar-refractivity contribution is 0.419. The first-order valence-electron chi connectivity index (χ1n) is 5.52. The van der Waals surface area contributed by atoms with Crippen LogP contribution in [-0.2, 0) is 6.54 Å². The van der Waals surface area contributed by atoms with E-state index in [1.165, 1.54) is 12.8 Å². The average Bonchev–Trinajstić information content (AvgIpc) is 3.04. The third-order valence-corrected chi connectivity index (χ3v) is 2.77. The van der Waals surface area contributed by atoms with Gasteiger partial charge in [-0.25, -0.2) is 4.98 Å². The van der Waals surface area contributed by atoms with E-state index < -0.39 is 0 Å². The third kappa shape index (κ3) is 1.76. The van der Waals surface area contributed by atoms with Gasteiger partial charge in [0.25, 0.3) is 0 Å². The van der Waals surface area contributed by atoms with Crippen molar-refractivity contribution in [1.29, 1.82) is 0 Å². The molecule has 1 saturated carbocycles. The van der Waals surface area contributed by atoms with E-state index in [4.69, 9.17) is 9.15 Å². The molecule has 0 saturated heterocycles. The predicted molar refractivity (Wildman–Crippen MR) is 60.4 cm³/mol. The van der Waals surface area contributed by atoms with E-state index in [1.807, 2.05) is 18.2 Å². The minimum atomic E-state index is 0.664. The summed E-state index contributed by atoms with van der Waals surface area (Å²) in [5.41, 5.74) is 1.59. The Labute approximate surface area is 93.6 Å². The Bertz CT molecular complexity index is 503. The summed E-state index contributed by atoms with van der Waals surface area (Å²) >= 11 is 0. The van der Waals surface area contributed by atoms with Crippen molar-refractivity contribution in [3.8, 4) is 5.75 Å². The topological polar surface area (TPSA) is 47.3 Å². The van der Waals surface area contributed by atoms with E-state index in [0.717, 1.165) is 22.7 Å². The fraction of sp³-hybridized carbons (Fsp3) is 0.417. The zero-order valence-corrected chi connectivity index (χ0v) is 9.19. The van der Waals surface area contributed by atoms with Gasteiger partial charge in [0.05, 0.1) is 13.7 Å². The highest BCUT2D eigenvalue weighted by atomic mass is 16.5. The molecule has 16 heavy (non-hydrogen) atoms. The average molecular weight is 218 g/mol. The molecule has 3 rings (SSSR count). The molecule has 0 atom stereocenters. The van der Waals surface area contributed by atoms with Crippen molar-refractivity contribution in [3.63, 3.8) is 0 Å².